The Balaban J connectivity index is 1.73. The molecular weight excluding hydrogens is 230 g/mol. The quantitative estimate of drug-likeness (QED) is 0.764. The number of nitrogens with one attached hydrogen (secondary N) is 1. The predicted octanol–water partition coefficient (Wildman–Crippen LogP) is 4.43. The molecule has 1 fully saturated rings. The molecule has 0 saturated heterocycles. The molecule has 1 aliphatic carbocycles. The molecule has 1 aromatic rings. The second kappa shape index (κ2) is 8.37. The first kappa shape index (κ1) is 14.6. The van der Waals surface area contributed by atoms with Crippen molar-refractivity contribution >= 4 is 0 Å². The second-order valence-corrected chi connectivity index (χ2v) is 5.99. The molecule has 0 heterocycles. The third-order valence-corrected chi connectivity index (χ3v) is 4.61. The lowest BCUT2D eigenvalue weighted by Gasteiger charge is -2.32. The first-order valence-corrected chi connectivity index (χ1v) is 8.14. The monoisotopic (exact) mass is 259 g/mol. The molecule has 1 aromatic carbocycles. The molecule has 0 spiro atoms. The van der Waals surface area contributed by atoms with E-state index in [-0.39, 0.29) is 0 Å². The summed E-state index contributed by atoms with van der Waals surface area (Å²) in [6, 6.07) is 10.9. The molecule has 1 heteroatoms. The van der Waals surface area contributed by atoms with E-state index in [1.165, 1.54) is 57.1 Å². The summed E-state index contributed by atoms with van der Waals surface area (Å²) >= 11 is 0. The van der Waals surface area contributed by atoms with Crippen molar-refractivity contribution in [1.29, 1.82) is 0 Å². The summed E-state index contributed by atoms with van der Waals surface area (Å²) in [6.07, 6.45) is 9.85. The average Bonchev–Trinajstić information content (AvgIpc) is 2.47. The predicted molar refractivity (Wildman–Crippen MR) is 83.4 cm³/mol. The Labute approximate surface area is 118 Å². The van der Waals surface area contributed by atoms with E-state index < -0.39 is 0 Å². The fraction of sp³-hybridized carbons (Fsp3) is 0.667. The smallest absolute Gasteiger partial charge is 0.00180 e. The van der Waals surface area contributed by atoms with Crippen LogP contribution in [0.5, 0.6) is 0 Å². The number of hydrogen-bond acceptors (Lipinski definition) is 1. The van der Waals surface area contributed by atoms with E-state index >= 15 is 0 Å². The molecule has 0 aromatic heterocycles. The highest BCUT2D eigenvalue weighted by molar-refractivity contribution is 5.14. The van der Waals surface area contributed by atoms with E-state index in [2.05, 4.69) is 42.6 Å². The molecule has 0 aliphatic heterocycles. The van der Waals surface area contributed by atoms with Crippen molar-refractivity contribution in [2.45, 2.75) is 51.9 Å². The van der Waals surface area contributed by atoms with Crippen LogP contribution in [0, 0.1) is 11.8 Å². The SMILES string of the molecule is CCNCC1CCCCC1CCCc1ccccc1. The Kier molecular flexibility index (Phi) is 6.43. The first-order valence-electron chi connectivity index (χ1n) is 8.14. The maximum absolute atomic E-state index is 3.56. The Morgan fingerprint density at radius 2 is 1.79 bits per heavy atom. The number of aryl methyl sites for hydroxylation is 1. The van der Waals surface area contributed by atoms with Gasteiger partial charge >= 0.3 is 0 Å². The van der Waals surface area contributed by atoms with Gasteiger partial charge in [0.15, 0.2) is 0 Å². The van der Waals surface area contributed by atoms with Crippen molar-refractivity contribution in [2.75, 3.05) is 13.1 Å². The molecule has 2 rings (SSSR count). The van der Waals surface area contributed by atoms with Gasteiger partial charge in [0.25, 0.3) is 0 Å². The highest BCUT2D eigenvalue weighted by atomic mass is 14.8. The zero-order valence-corrected chi connectivity index (χ0v) is 12.4. The van der Waals surface area contributed by atoms with Gasteiger partial charge in [-0.3, -0.25) is 0 Å². The van der Waals surface area contributed by atoms with E-state index in [1.807, 2.05) is 0 Å². The molecule has 1 aliphatic rings. The van der Waals surface area contributed by atoms with Gasteiger partial charge in [-0.05, 0) is 56.2 Å². The second-order valence-electron chi connectivity index (χ2n) is 5.99. The van der Waals surface area contributed by atoms with Crippen LogP contribution >= 0.6 is 0 Å². The largest absolute Gasteiger partial charge is 0.317 e. The van der Waals surface area contributed by atoms with E-state index in [1.54, 1.807) is 0 Å². The van der Waals surface area contributed by atoms with Gasteiger partial charge in [0, 0.05) is 0 Å². The van der Waals surface area contributed by atoms with E-state index in [4.69, 9.17) is 0 Å². The van der Waals surface area contributed by atoms with Crippen LogP contribution in [-0.2, 0) is 6.42 Å². The van der Waals surface area contributed by atoms with Gasteiger partial charge in [-0.1, -0.05) is 56.5 Å². The van der Waals surface area contributed by atoms with Gasteiger partial charge < -0.3 is 5.32 Å². The lowest BCUT2D eigenvalue weighted by Crippen LogP contribution is -2.30. The molecule has 0 radical (unpaired) electrons. The fourth-order valence-electron chi connectivity index (χ4n) is 3.48. The van der Waals surface area contributed by atoms with Gasteiger partial charge in [-0.2, -0.15) is 0 Å². The molecule has 1 saturated carbocycles. The minimum Gasteiger partial charge on any atom is -0.317 e. The van der Waals surface area contributed by atoms with Crippen molar-refractivity contribution in [1.82, 2.24) is 5.32 Å². The zero-order chi connectivity index (χ0) is 13.3. The van der Waals surface area contributed by atoms with Crippen LogP contribution in [0.4, 0.5) is 0 Å². The average molecular weight is 259 g/mol. The van der Waals surface area contributed by atoms with Gasteiger partial charge in [0.05, 0.1) is 0 Å². The number of hydrogen-bond donors (Lipinski definition) is 1. The van der Waals surface area contributed by atoms with Crippen molar-refractivity contribution < 1.29 is 0 Å². The van der Waals surface area contributed by atoms with Crippen LogP contribution in [0.2, 0.25) is 0 Å². The summed E-state index contributed by atoms with van der Waals surface area (Å²) < 4.78 is 0. The maximum atomic E-state index is 3.56. The highest BCUT2D eigenvalue weighted by Gasteiger charge is 2.23. The minimum absolute atomic E-state index is 0.935. The van der Waals surface area contributed by atoms with Crippen molar-refractivity contribution in [3.63, 3.8) is 0 Å². The van der Waals surface area contributed by atoms with Gasteiger partial charge in [-0.25, -0.2) is 0 Å². The summed E-state index contributed by atoms with van der Waals surface area (Å²) in [4.78, 5) is 0. The van der Waals surface area contributed by atoms with Crippen LogP contribution in [0.25, 0.3) is 0 Å². The van der Waals surface area contributed by atoms with Crippen molar-refractivity contribution in [3.8, 4) is 0 Å². The maximum Gasteiger partial charge on any atom is -0.00180 e. The lowest BCUT2D eigenvalue weighted by molar-refractivity contribution is 0.215. The van der Waals surface area contributed by atoms with Crippen molar-refractivity contribution in [3.05, 3.63) is 35.9 Å². The summed E-state index contributed by atoms with van der Waals surface area (Å²) in [6.45, 7) is 4.58. The van der Waals surface area contributed by atoms with Crippen molar-refractivity contribution in [2.24, 2.45) is 11.8 Å². The van der Waals surface area contributed by atoms with E-state index in [0.29, 0.717) is 0 Å². The Morgan fingerprint density at radius 3 is 2.53 bits per heavy atom. The first-order chi connectivity index (χ1) is 9.40. The van der Waals surface area contributed by atoms with E-state index in [0.717, 1.165) is 18.4 Å². The fourth-order valence-corrected chi connectivity index (χ4v) is 3.48. The topological polar surface area (TPSA) is 12.0 Å². The van der Waals surface area contributed by atoms with Gasteiger partial charge in [0.2, 0.25) is 0 Å². The number of rotatable bonds is 7. The Morgan fingerprint density at radius 1 is 1.05 bits per heavy atom. The van der Waals surface area contributed by atoms with Crippen LogP contribution in [0.15, 0.2) is 30.3 Å². The zero-order valence-electron chi connectivity index (χ0n) is 12.4. The molecule has 1 nitrogen and oxygen atoms in total. The van der Waals surface area contributed by atoms with Crippen LogP contribution in [0.1, 0.15) is 51.0 Å². The standard InChI is InChI=1S/C18H29N/c1-2-19-15-18-13-7-6-12-17(18)14-8-11-16-9-4-3-5-10-16/h3-5,9-10,17-19H,2,6-8,11-15H2,1H3. The van der Waals surface area contributed by atoms with Crippen LogP contribution < -0.4 is 5.32 Å². The minimum atomic E-state index is 0.935. The summed E-state index contributed by atoms with van der Waals surface area (Å²) in [5.41, 5.74) is 1.50. The molecule has 0 amide bonds. The molecular formula is C18H29N. The Bertz CT molecular complexity index is 333. The summed E-state index contributed by atoms with van der Waals surface area (Å²) in [5, 5.41) is 3.56. The third-order valence-electron chi connectivity index (χ3n) is 4.61. The van der Waals surface area contributed by atoms with Crippen LogP contribution in [-0.4, -0.2) is 13.1 Å². The lowest BCUT2D eigenvalue weighted by atomic mass is 9.76. The summed E-state index contributed by atoms with van der Waals surface area (Å²) in [5.74, 6) is 1.90. The molecule has 19 heavy (non-hydrogen) atoms. The summed E-state index contributed by atoms with van der Waals surface area (Å²) in [7, 11) is 0. The molecule has 2 unspecified atom stereocenters. The molecule has 0 bridgehead atoms. The molecule has 106 valence electrons. The Hall–Kier alpha value is -0.820. The third kappa shape index (κ3) is 4.99. The van der Waals surface area contributed by atoms with Crippen LogP contribution in [0.3, 0.4) is 0 Å². The number of benzene rings is 1. The molecule has 2 atom stereocenters. The normalized spacial score (nSPS) is 23.4. The van der Waals surface area contributed by atoms with Gasteiger partial charge in [0.1, 0.15) is 0 Å². The van der Waals surface area contributed by atoms with Gasteiger partial charge in [-0.15, -0.1) is 0 Å². The molecule has 1 N–H and O–H groups in total. The van der Waals surface area contributed by atoms with E-state index in [9.17, 15) is 0 Å². The highest BCUT2D eigenvalue weighted by Crippen LogP contribution is 2.33.